The second kappa shape index (κ2) is 5.60. The molecule has 0 aromatic carbocycles. The van der Waals surface area contributed by atoms with Gasteiger partial charge in [-0.2, -0.15) is 0 Å². The van der Waals surface area contributed by atoms with Crippen LogP contribution in [-0.4, -0.2) is 47.2 Å². The van der Waals surface area contributed by atoms with Crippen molar-refractivity contribution in [3.05, 3.63) is 23.5 Å². The molecule has 5 nitrogen and oxygen atoms in total. The van der Waals surface area contributed by atoms with E-state index in [2.05, 4.69) is 4.98 Å². The van der Waals surface area contributed by atoms with Gasteiger partial charge in [-0.25, -0.2) is 0 Å². The first-order chi connectivity index (χ1) is 10.7. The maximum Gasteiger partial charge on any atom is 0.496 e. The summed E-state index contributed by atoms with van der Waals surface area (Å²) in [5.74, 6) is 0.0195. The van der Waals surface area contributed by atoms with E-state index in [4.69, 9.17) is 9.31 Å². The molecule has 2 aliphatic rings. The molecule has 124 valence electrons. The Morgan fingerprint density at radius 2 is 1.74 bits per heavy atom. The monoisotopic (exact) mass is 316 g/mol. The van der Waals surface area contributed by atoms with Gasteiger partial charge in [0, 0.05) is 24.7 Å². The molecule has 23 heavy (non-hydrogen) atoms. The highest BCUT2D eigenvalue weighted by atomic mass is 16.7. The van der Waals surface area contributed by atoms with Crippen LogP contribution >= 0.6 is 0 Å². The van der Waals surface area contributed by atoms with Crippen molar-refractivity contribution in [2.24, 2.45) is 0 Å². The molecule has 0 N–H and O–H groups in total. The van der Waals surface area contributed by atoms with Crippen molar-refractivity contribution in [2.75, 3.05) is 13.1 Å². The molecule has 0 bridgehead atoms. The zero-order valence-corrected chi connectivity index (χ0v) is 14.7. The number of hydrogen-bond acceptors (Lipinski definition) is 4. The average molecular weight is 316 g/mol. The molecule has 1 aromatic heterocycles. The number of pyridine rings is 1. The minimum absolute atomic E-state index is 0.0195. The predicted octanol–water partition coefficient (Wildman–Crippen LogP) is 1.93. The lowest BCUT2D eigenvalue weighted by molar-refractivity contribution is 0.00578. The third-order valence-corrected chi connectivity index (χ3v) is 5.27. The van der Waals surface area contributed by atoms with Gasteiger partial charge in [-0.3, -0.25) is 9.78 Å². The molecule has 3 heterocycles. The van der Waals surface area contributed by atoms with Crippen molar-refractivity contribution in [1.29, 1.82) is 0 Å². The predicted molar refractivity (Wildman–Crippen MR) is 89.8 cm³/mol. The SMILES string of the molecule is Cc1cc(C(=O)N2CCCC2)ncc1B1OC(C)(C)C(C)(C)O1. The lowest BCUT2D eigenvalue weighted by Crippen LogP contribution is -2.41. The molecule has 0 saturated carbocycles. The summed E-state index contributed by atoms with van der Waals surface area (Å²) < 4.78 is 12.1. The number of rotatable bonds is 2. The van der Waals surface area contributed by atoms with E-state index in [1.165, 1.54) is 0 Å². The molecule has 2 aliphatic heterocycles. The number of amides is 1. The topological polar surface area (TPSA) is 51.7 Å². The fourth-order valence-electron chi connectivity index (χ4n) is 2.98. The van der Waals surface area contributed by atoms with E-state index >= 15 is 0 Å². The van der Waals surface area contributed by atoms with Gasteiger partial charge in [0.2, 0.25) is 0 Å². The van der Waals surface area contributed by atoms with Crippen molar-refractivity contribution in [1.82, 2.24) is 9.88 Å². The van der Waals surface area contributed by atoms with E-state index in [0.29, 0.717) is 5.69 Å². The van der Waals surface area contributed by atoms with Gasteiger partial charge in [0.15, 0.2) is 0 Å². The number of likely N-dealkylation sites (tertiary alicyclic amines) is 1. The van der Waals surface area contributed by atoms with Crippen LogP contribution in [0, 0.1) is 6.92 Å². The first-order valence-corrected chi connectivity index (χ1v) is 8.33. The third kappa shape index (κ3) is 2.90. The molecule has 0 radical (unpaired) electrons. The normalized spacial score (nSPS) is 22.7. The van der Waals surface area contributed by atoms with Crippen LogP contribution in [0.4, 0.5) is 0 Å². The van der Waals surface area contributed by atoms with E-state index < -0.39 is 7.12 Å². The molecule has 3 rings (SSSR count). The summed E-state index contributed by atoms with van der Waals surface area (Å²) in [4.78, 5) is 18.7. The van der Waals surface area contributed by atoms with Gasteiger partial charge in [-0.1, -0.05) is 0 Å². The smallest absolute Gasteiger partial charge is 0.399 e. The van der Waals surface area contributed by atoms with Gasteiger partial charge < -0.3 is 14.2 Å². The Kier molecular flexibility index (Phi) is 4.01. The first-order valence-electron chi connectivity index (χ1n) is 8.33. The molecule has 0 aliphatic carbocycles. The Morgan fingerprint density at radius 1 is 1.17 bits per heavy atom. The third-order valence-electron chi connectivity index (χ3n) is 5.27. The Hall–Kier alpha value is -1.40. The summed E-state index contributed by atoms with van der Waals surface area (Å²) >= 11 is 0. The number of carbonyl (C=O) groups excluding carboxylic acids is 1. The van der Waals surface area contributed by atoms with Gasteiger partial charge in [0.1, 0.15) is 5.69 Å². The quantitative estimate of drug-likeness (QED) is 0.782. The summed E-state index contributed by atoms with van der Waals surface area (Å²) in [5, 5.41) is 0. The standard InChI is InChI=1S/C17H25BN2O3/c1-12-10-14(15(21)20-8-6-7-9-20)19-11-13(12)18-22-16(2,3)17(4,5)23-18/h10-11H,6-9H2,1-5H3. The molecule has 6 heteroatoms. The first kappa shape index (κ1) is 16.5. The van der Waals surface area contributed by atoms with Crippen LogP contribution in [0.5, 0.6) is 0 Å². The summed E-state index contributed by atoms with van der Waals surface area (Å²) in [6.07, 6.45) is 3.88. The summed E-state index contributed by atoms with van der Waals surface area (Å²) in [6, 6.07) is 1.85. The lowest BCUT2D eigenvalue weighted by Gasteiger charge is -2.32. The van der Waals surface area contributed by atoms with Crippen LogP contribution in [0.15, 0.2) is 12.3 Å². The van der Waals surface area contributed by atoms with Gasteiger partial charge in [0.05, 0.1) is 11.2 Å². The molecule has 2 saturated heterocycles. The van der Waals surface area contributed by atoms with Crippen LogP contribution < -0.4 is 5.46 Å². The van der Waals surface area contributed by atoms with Crippen LogP contribution in [0.1, 0.15) is 56.6 Å². The van der Waals surface area contributed by atoms with Crippen molar-refractivity contribution < 1.29 is 14.1 Å². The van der Waals surface area contributed by atoms with E-state index in [1.54, 1.807) is 6.20 Å². The highest BCUT2D eigenvalue weighted by molar-refractivity contribution is 6.62. The number of hydrogen-bond donors (Lipinski definition) is 0. The molecule has 2 fully saturated rings. The molecule has 0 spiro atoms. The van der Waals surface area contributed by atoms with E-state index in [1.807, 2.05) is 45.6 Å². The molecule has 1 aromatic rings. The van der Waals surface area contributed by atoms with Crippen molar-refractivity contribution in [2.45, 2.75) is 58.7 Å². The molecule has 1 amide bonds. The fourth-order valence-corrected chi connectivity index (χ4v) is 2.98. The lowest BCUT2D eigenvalue weighted by atomic mass is 9.77. The maximum absolute atomic E-state index is 12.4. The molecular formula is C17H25BN2O3. The van der Waals surface area contributed by atoms with E-state index in [0.717, 1.165) is 37.0 Å². The zero-order valence-electron chi connectivity index (χ0n) is 14.7. The summed E-state index contributed by atoms with van der Waals surface area (Å²) in [6.45, 7) is 11.8. The Morgan fingerprint density at radius 3 is 2.26 bits per heavy atom. The molecule has 0 atom stereocenters. The highest BCUT2D eigenvalue weighted by Crippen LogP contribution is 2.36. The fraction of sp³-hybridized carbons (Fsp3) is 0.647. The van der Waals surface area contributed by atoms with E-state index in [9.17, 15) is 4.79 Å². The maximum atomic E-state index is 12.4. The minimum atomic E-state index is -0.441. The second-order valence-corrected chi connectivity index (χ2v) is 7.51. The van der Waals surface area contributed by atoms with Crippen LogP contribution in [-0.2, 0) is 9.31 Å². The Bertz CT molecular complexity index is 608. The van der Waals surface area contributed by atoms with Gasteiger partial charge in [-0.05, 0) is 59.1 Å². The number of aromatic nitrogens is 1. The zero-order chi connectivity index (χ0) is 16.8. The molecular weight excluding hydrogens is 291 g/mol. The van der Waals surface area contributed by atoms with Crippen LogP contribution in [0.25, 0.3) is 0 Å². The number of aryl methyl sites for hydroxylation is 1. The van der Waals surface area contributed by atoms with Gasteiger partial charge >= 0.3 is 7.12 Å². The van der Waals surface area contributed by atoms with Gasteiger partial charge in [0.25, 0.3) is 5.91 Å². The van der Waals surface area contributed by atoms with Crippen LogP contribution in [0.2, 0.25) is 0 Å². The Balaban J connectivity index is 1.82. The summed E-state index contributed by atoms with van der Waals surface area (Å²) in [7, 11) is -0.441. The van der Waals surface area contributed by atoms with Crippen LogP contribution in [0.3, 0.4) is 0 Å². The average Bonchev–Trinajstić information content (AvgIpc) is 3.05. The largest absolute Gasteiger partial charge is 0.496 e. The van der Waals surface area contributed by atoms with Crippen molar-refractivity contribution >= 4 is 18.5 Å². The van der Waals surface area contributed by atoms with Gasteiger partial charge in [-0.15, -0.1) is 0 Å². The second-order valence-electron chi connectivity index (χ2n) is 7.51. The highest BCUT2D eigenvalue weighted by Gasteiger charge is 2.52. The van der Waals surface area contributed by atoms with Crippen molar-refractivity contribution in [3.63, 3.8) is 0 Å². The number of carbonyl (C=O) groups is 1. The number of nitrogens with zero attached hydrogens (tertiary/aromatic N) is 2. The Labute approximate surface area is 138 Å². The van der Waals surface area contributed by atoms with Crippen molar-refractivity contribution in [3.8, 4) is 0 Å². The summed E-state index contributed by atoms with van der Waals surface area (Å²) in [5.41, 5.74) is 1.61. The minimum Gasteiger partial charge on any atom is -0.399 e. The van der Waals surface area contributed by atoms with E-state index in [-0.39, 0.29) is 17.1 Å². The molecule has 0 unspecified atom stereocenters.